The minimum absolute atomic E-state index is 0.811. The SMILES string of the molecule is [Tl][n]1cnc(CNCc2ccccc2)c1. The Kier molecular flexibility index (Phi) is 3.90. The van der Waals surface area contributed by atoms with E-state index in [0.717, 1.165) is 44.8 Å². The minimum atomic E-state index is 0.811. The average Bonchev–Trinajstić information content (AvgIpc) is 2.66. The summed E-state index contributed by atoms with van der Waals surface area (Å²) in [6.07, 6.45) is 3.99. The zero-order chi connectivity index (χ0) is 10.5. The summed E-state index contributed by atoms with van der Waals surface area (Å²) in [4.78, 5) is 4.29. The maximum absolute atomic E-state index is 4.29. The second kappa shape index (κ2) is 5.41. The summed E-state index contributed by atoms with van der Waals surface area (Å²) < 4.78 is 2.12. The van der Waals surface area contributed by atoms with E-state index in [-0.39, 0.29) is 0 Å². The zero-order valence-electron chi connectivity index (χ0n) is 8.43. The molecule has 0 saturated heterocycles. The van der Waals surface area contributed by atoms with Crippen molar-refractivity contribution in [2.75, 3.05) is 0 Å². The molecule has 0 bridgehead atoms. The number of imidazole rings is 1. The number of aromatic nitrogens is 2. The first-order chi connectivity index (χ1) is 7.34. The third kappa shape index (κ3) is 3.42. The van der Waals surface area contributed by atoms with Gasteiger partial charge < -0.3 is 0 Å². The summed E-state index contributed by atoms with van der Waals surface area (Å²) in [6, 6.07) is 10.4. The van der Waals surface area contributed by atoms with Gasteiger partial charge in [0.2, 0.25) is 0 Å². The molecule has 0 aliphatic heterocycles. The van der Waals surface area contributed by atoms with E-state index in [4.69, 9.17) is 0 Å². The summed E-state index contributed by atoms with van der Waals surface area (Å²) in [6.45, 7) is 1.74. The molecule has 15 heavy (non-hydrogen) atoms. The molecule has 0 saturated carbocycles. The predicted molar refractivity (Wildman–Crippen MR) is 60.4 cm³/mol. The fourth-order valence-corrected chi connectivity index (χ4v) is 2.33. The van der Waals surface area contributed by atoms with Crippen LogP contribution in [-0.4, -0.2) is 33.4 Å². The second-order valence-electron chi connectivity index (χ2n) is 3.40. The van der Waals surface area contributed by atoms with Crippen LogP contribution in [0.2, 0.25) is 0 Å². The van der Waals surface area contributed by atoms with Gasteiger partial charge in [0.25, 0.3) is 0 Å². The Bertz CT molecular complexity index is 411. The Morgan fingerprint density at radius 2 is 2.00 bits per heavy atom. The Morgan fingerprint density at radius 3 is 2.67 bits per heavy atom. The fourth-order valence-electron chi connectivity index (χ4n) is 1.40. The first kappa shape index (κ1) is 10.8. The Hall–Kier alpha value is -0.688. The van der Waals surface area contributed by atoms with Crippen molar-refractivity contribution in [3.8, 4) is 0 Å². The Balaban J connectivity index is 1.80. The van der Waals surface area contributed by atoms with Gasteiger partial charge in [-0.3, -0.25) is 0 Å². The fraction of sp³-hybridized carbons (Fsp3) is 0.182. The van der Waals surface area contributed by atoms with Gasteiger partial charge in [0.15, 0.2) is 0 Å². The molecule has 0 radical (unpaired) electrons. The number of rotatable bonds is 4. The molecule has 0 unspecified atom stereocenters. The molecule has 0 aliphatic rings. The van der Waals surface area contributed by atoms with Crippen LogP contribution >= 0.6 is 0 Å². The predicted octanol–water partition coefficient (Wildman–Crippen LogP) is 1.10. The quantitative estimate of drug-likeness (QED) is 0.793. The van der Waals surface area contributed by atoms with Crippen LogP contribution in [0.15, 0.2) is 42.9 Å². The van der Waals surface area contributed by atoms with Crippen LogP contribution in [-0.2, 0) is 13.1 Å². The van der Waals surface area contributed by atoms with Crippen molar-refractivity contribution in [2.24, 2.45) is 0 Å². The summed E-state index contributed by atoms with van der Waals surface area (Å²) >= 11 is 0.811. The molecule has 0 fully saturated rings. The molecule has 1 heterocycles. The summed E-state index contributed by atoms with van der Waals surface area (Å²) in [5, 5.41) is 3.37. The van der Waals surface area contributed by atoms with Gasteiger partial charge in [-0.05, 0) is 0 Å². The number of nitrogens with one attached hydrogen (secondary N) is 1. The summed E-state index contributed by atoms with van der Waals surface area (Å²) in [5.74, 6) is 0. The van der Waals surface area contributed by atoms with Crippen LogP contribution in [0.5, 0.6) is 0 Å². The standard InChI is InChI=1S/C11H12N3.Tl/c1-2-4-10(5-3-1)6-12-7-11-8-13-9-14-11;/h1-5,8-9,12H,6-7H2;/q-1;+1. The third-order valence-corrected chi connectivity index (χ3v) is 3.23. The van der Waals surface area contributed by atoms with Crippen LogP contribution in [0, 0.1) is 0 Å². The molecule has 2 rings (SSSR count). The van der Waals surface area contributed by atoms with Crippen molar-refractivity contribution in [1.29, 1.82) is 0 Å². The first-order valence-electron chi connectivity index (χ1n) is 4.87. The van der Waals surface area contributed by atoms with E-state index in [0.29, 0.717) is 0 Å². The van der Waals surface area contributed by atoms with E-state index < -0.39 is 0 Å². The van der Waals surface area contributed by atoms with Crippen LogP contribution in [0.4, 0.5) is 0 Å². The second-order valence-corrected chi connectivity index (χ2v) is 5.72. The number of nitrogens with zero attached hydrogens (tertiary/aromatic N) is 2. The summed E-state index contributed by atoms with van der Waals surface area (Å²) in [5.41, 5.74) is 2.43. The molecule has 0 spiro atoms. The molecule has 1 aromatic carbocycles. The van der Waals surface area contributed by atoms with Gasteiger partial charge in [0.1, 0.15) is 0 Å². The van der Waals surface area contributed by atoms with Crippen molar-refractivity contribution < 1.29 is 0 Å². The van der Waals surface area contributed by atoms with Crippen molar-refractivity contribution in [3.05, 3.63) is 54.1 Å². The molecular formula is C11H12N3Tl. The van der Waals surface area contributed by atoms with E-state index >= 15 is 0 Å². The first-order valence-corrected chi connectivity index (χ1v) is 6.88. The van der Waals surface area contributed by atoms with Crippen molar-refractivity contribution in [2.45, 2.75) is 13.1 Å². The van der Waals surface area contributed by atoms with E-state index in [1.807, 2.05) is 12.4 Å². The van der Waals surface area contributed by atoms with Gasteiger partial charge in [0.05, 0.1) is 0 Å². The van der Waals surface area contributed by atoms with E-state index in [1.54, 1.807) is 0 Å². The van der Waals surface area contributed by atoms with Gasteiger partial charge in [-0.25, -0.2) is 0 Å². The van der Waals surface area contributed by atoms with Crippen LogP contribution in [0.25, 0.3) is 0 Å². The molecule has 0 amide bonds. The number of hydrogen-bond donors (Lipinski definition) is 1. The van der Waals surface area contributed by atoms with Crippen LogP contribution in [0.3, 0.4) is 0 Å². The molecule has 4 heteroatoms. The van der Waals surface area contributed by atoms with E-state index in [9.17, 15) is 0 Å². The van der Waals surface area contributed by atoms with Crippen LogP contribution in [0.1, 0.15) is 11.3 Å². The molecular weight excluding hydrogens is 379 g/mol. The summed E-state index contributed by atoms with van der Waals surface area (Å²) in [7, 11) is 0. The van der Waals surface area contributed by atoms with Gasteiger partial charge >= 0.3 is 106 Å². The van der Waals surface area contributed by atoms with Gasteiger partial charge in [-0.2, -0.15) is 0 Å². The van der Waals surface area contributed by atoms with Crippen molar-refractivity contribution >= 4 is 26.1 Å². The monoisotopic (exact) mass is 391 g/mol. The molecule has 74 valence electrons. The van der Waals surface area contributed by atoms with Gasteiger partial charge in [-0.1, -0.05) is 0 Å². The average molecular weight is 391 g/mol. The van der Waals surface area contributed by atoms with Gasteiger partial charge in [0, 0.05) is 0 Å². The number of hydrogen-bond acceptors (Lipinski definition) is 2. The topological polar surface area (TPSA) is 29.9 Å². The van der Waals surface area contributed by atoms with Crippen molar-refractivity contribution in [3.63, 3.8) is 0 Å². The Morgan fingerprint density at radius 1 is 1.20 bits per heavy atom. The molecule has 0 aliphatic carbocycles. The molecule has 1 aromatic heterocycles. The number of benzene rings is 1. The molecule has 1 N–H and O–H groups in total. The Labute approximate surface area is 106 Å². The van der Waals surface area contributed by atoms with E-state index in [2.05, 4.69) is 43.1 Å². The van der Waals surface area contributed by atoms with Gasteiger partial charge in [-0.15, -0.1) is 0 Å². The molecule has 0 atom stereocenters. The normalized spacial score (nSPS) is 10.3. The zero-order valence-corrected chi connectivity index (χ0v) is 12.9. The van der Waals surface area contributed by atoms with Crippen LogP contribution < -0.4 is 5.32 Å². The maximum atomic E-state index is 4.29. The molecule has 3 nitrogen and oxygen atoms in total. The van der Waals surface area contributed by atoms with E-state index in [1.165, 1.54) is 5.56 Å². The molecule has 2 aromatic rings. The third-order valence-electron chi connectivity index (χ3n) is 2.13. The van der Waals surface area contributed by atoms with Crippen molar-refractivity contribution in [1.82, 2.24) is 12.7 Å².